The highest BCUT2D eigenvalue weighted by atomic mass is 19.1. The van der Waals surface area contributed by atoms with Crippen LogP contribution in [0.1, 0.15) is 23.6 Å². The van der Waals surface area contributed by atoms with E-state index in [0.29, 0.717) is 34.8 Å². The minimum Gasteiger partial charge on any atom is -0.494 e. The lowest BCUT2D eigenvalue weighted by Gasteiger charge is -2.14. The van der Waals surface area contributed by atoms with Crippen LogP contribution in [0.3, 0.4) is 0 Å². The molecule has 2 aromatic carbocycles. The number of H-pyrrole nitrogens is 1. The first-order valence-electron chi connectivity index (χ1n) is 8.47. The molecule has 4 heteroatoms. The Labute approximate surface area is 151 Å². The molecule has 1 aromatic heterocycles. The molecule has 3 aromatic rings. The Morgan fingerprint density at radius 3 is 2.46 bits per heavy atom. The van der Waals surface area contributed by atoms with Gasteiger partial charge in [0.15, 0.2) is 0 Å². The number of ether oxygens (including phenoxy) is 1. The maximum atomic E-state index is 14.0. The summed E-state index contributed by atoms with van der Waals surface area (Å²) in [6, 6.07) is 17.7. The summed E-state index contributed by atoms with van der Waals surface area (Å²) in [6.45, 7) is 6.32. The van der Waals surface area contributed by atoms with Crippen LogP contribution in [0.4, 0.5) is 4.39 Å². The molecule has 0 aliphatic heterocycles. The first-order chi connectivity index (χ1) is 12.6. The van der Waals surface area contributed by atoms with Gasteiger partial charge < -0.3 is 9.72 Å². The number of aromatic amines is 1. The summed E-state index contributed by atoms with van der Waals surface area (Å²) >= 11 is 0. The van der Waals surface area contributed by atoms with E-state index >= 15 is 0 Å². The van der Waals surface area contributed by atoms with Gasteiger partial charge in [0, 0.05) is 17.5 Å². The summed E-state index contributed by atoms with van der Waals surface area (Å²) in [4.78, 5) is 15.5. The predicted octanol–water partition coefficient (Wildman–Crippen LogP) is 4.78. The standard InChI is InChI=1S/C22H20FNO2/c1-3-26-15(2)19-14-18(13-17-11-7-8-12-20(17)23)22(25)24-21(19)16-9-5-4-6-10-16/h4-12,14H,2-3,13H2,1H3,(H,24,25). The number of pyridine rings is 1. The number of nitrogens with one attached hydrogen (secondary N) is 1. The van der Waals surface area contributed by atoms with Crippen molar-refractivity contribution in [3.8, 4) is 11.3 Å². The average Bonchev–Trinajstić information content (AvgIpc) is 2.65. The zero-order chi connectivity index (χ0) is 18.5. The Hall–Kier alpha value is -3.14. The van der Waals surface area contributed by atoms with Crippen LogP contribution in [0.2, 0.25) is 0 Å². The van der Waals surface area contributed by atoms with Crippen LogP contribution in [0.25, 0.3) is 17.0 Å². The smallest absolute Gasteiger partial charge is 0.251 e. The van der Waals surface area contributed by atoms with Crippen molar-refractivity contribution in [3.63, 3.8) is 0 Å². The Morgan fingerprint density at radius 2 is 1.77 bits per heavy atom. The van der Waals surface area contributed by atoms with E-state index in [-0.39, 0.29) is 17.8 Å². The summed E-state index contributed by atoms with van der Waals surface area (Å²) in [6.07, 6.45) is 0.198. The molecular formula is C22H20FNO2. The molecule has 0 unspecified atom stereocenters. The molecule has 0 saturated heterocycles. The molecule has 3 nitrogen and oxygen atoms in total. The van der Waals surface area contributed by atoms with E-state index in [2.05, 4.69) is 11.6 Å². The van der Waals surface area contributed by atoms with Crippen molar-refractivity contribution in [2.45, 2.75) is 13.3 Å². The average molecular weight is 349 g/mol. The number of benzene rings is 2. The molecule has 0 atom stereocenters. The number of rotatable bonds is 6. The third kappa shape index (κ3) is 3.75. The maximum Gasteiger partial charge on any atom is 0.251 e. The van der Waals surface area contributed by atoms with Crippen LogP contribution in [0.15, 0.2) is 72.0 Å². The van der Waals surface area contributed by atoms with Crippen molar-refractivity contribution >= 4 is 5.76 Å². The van der Waals surface area contributed by atoms with Crippen molar-refractivity contribution in [1.82, 2.24) is 4.98 Å². The number of halogens is 1. The van der Waals surface area contributed by atoms with E-state index in [0.717, 1.165) is 5.56 Å². The molecule has 0 spiro atoms. The first-order valence-corrected chi connectivity index (χ1v) is 8.47. The van der Waals surface area contributed by atoms with Crippen molar-refractivity contribution in [1.29, 1.82) is 0 Å². The second kappa shape index (κ2) is 7.83. The second-order valence-corrected chi connectivity index (χ2v) is 5.90. The van der Waals surface area contributed by atoms with Crippen molar-refractivity contribution < 1.29 is 9.13 Å². The van der Waals surface area contributed by atoms with E-state index < -0.39 is 0 Å². The molecule has 26 heavy (non-hydrogen) atoms. The van der Waals surface area contributed by atoms with Crippen LogP contribution >= 0.6 is 0 Å². The van der Waals surface area contributed by atoms with Crippen LogP contribution in [-0.2, 0) is 11.2 Å². The maximum absolute atomic E-state index is 14.0. The van der Waals surface area contributed by atoms with Crippen molar-refractivity contribution in [2.75, 3.05) is 6.61 Å². The van der Waals surface area contributed by atoms with Gasteiger partial charge in [-0.3, -0.25) is 4.79 Å². The number of hydrogen-bond donors (Lipinski definition) is 1. The van der Waals surface area contributed by atoms with Gasteiger partial charge in [-0.1, -0.05) is 55.1 Å². The minimum absolute atomic E-state index is 0.198. The lowest BCUT2D eigenvalue weighted by molar-refractivity contribution is 0.299. The first kappa shape index (κ1) is 17.7. The quantitative estimate of drug-likeness (QED) is 0.651. The van der Waals surface area contributed by atoms with E-state index in [1.54, 1.807) is 24.3 Å². The normalized spacial score (nSPS) is 10.5. The Kier molecular flexibility index (Phi) is 5.32. The minimum atomic E-state index is -0.329. The van der Waals surface area contributed by atoms with Crippen LogP contribution in [0, 0.1) is 5.82 Å². The second-order valence-electron chi connectivity index (χ2n) is 5.90. The van der Waals surface area contributed by atoms with Crippen molar-refractivity contribution in [2.24, 2.45) is 0 Å². The van der Waals surface area contributed by atoms with Gasteiger partial charge >= 0.3 is 0 Å². The molecular weight excluding hydrogens is 329 g/mol. The lowest BCUT2D eigenvalue weighted by atomic mass is 9.99. The van der Waals surface area contributed by atoms with Gasteiger partial charge in [-0.15, -0.1) is 0 Å². The highest BCUT2D eigenvalue weighted by molar-refractivity contribution is 5.75. The molecule has 1 N–H and O–H groups in total. The van der Waals surface area contributed by atoms with Gasteiger partial charge in [0.2, 0.25) is 0 Å². The summed E-state index contributed by atoms with van der Waals surface area (Å²) in [5, 5.41) is 0. The fourth-order valence-electron chi connectivity index (χ4n) is 2.86. The Balaban J connectivity index is 2.11. The molecule has 0 bridgehead atoms. The van der Waals surface area contributed by atoms with E-state index in [1.807, 2.05) is 37.3 Å². The molecule has 0 aliphatic rings. The van der Waals surface area contributed by atoms with Crippen LogP contribution in [0.5, 0.6) is 0 Å². The largest absolute Gasteiger partial charge is 0.494 e. The zero-order valence-corrected chi connectivity index (χ0v) is 14.6. The molecule has 0 aliphatic carbocycles. The fourth-order valence-corrected chi connectivity index (χ4v) is 2.86. The van der Waals surface area contributed by atoms with Gasteiger partial charge in [-0.25, -0.2) is 4.39 Å². The predicted molar refractivity (Wildman–Crippen MR) is 102 cm³/mol. The summed E-state index contributed by atoms with van der Waals surface area (Å²) < 4.78 is 19.5. The number of aromatic nitrogens is 1. The highest BCUT2D eigenvalue weighted by Crippen LogP contribution is 2.27. The van der Waals surface area contributed by atoms with Gasteiger partial charge in [0.05, 0.1) is 12.3 Å². The zero-order valence-electron chi connectivity index (χ0n) is 14.6. The molecule has 0 saturated carbocycles. The van der Waals surface area contributed by atoms with Gasteiger partial charge in [0.1, 0.15) is 11.6 Å². The van der Waals surface area contributed by atoms with Gasteiger partial charge in [-0.05, 0) is 30.2 Å². The lowest BCUT2D eigenvalue weighted by Crippen LogP contribution is -2.16. The van der Waals surface area contributed by atoms with E-state index in [9.17, 15) is 9.18 Å². The highest BCUT2D eigenvalue weighted by Gasteiger charge is 2.15. The van der Waals surface area contributed by atoms with Gasteiger partial charge in [-0.2, -0.15) is 0 Å². The third-order valence-electron chi connectivity index (χ3n) is 4.14. The summed E-state index contributed by atoms with van der Waals surface area (Å²) in [5.41, 5.74) is 2.89. The molecule has 0 amide bonds. The molecule has 3 rings (SSSR count). The van der Waals surface area contributed by atoms with Crippen LogP contribution in [-0.4, -0.2) is 11.6 Å². The third-order valence-corrected chi connectivity index (χ3v) is 4.14. The molecule has 132 valence electrons. The topological polar surface area (TPSA) is 42.1 Å². The Bertz CT molecular complexity index is 977. The molecule has 0 radical (unpaired) electrons. The SMILES string of the molecule is C=C(OCC)c1cc(Cc2ccccc2F)c(=O)[nH]c1-c1ccccc1. The summed E-state index contributed by atoms with van der Waals surface area (Å²) in [7, 11) is 0. The molecule has 1 heterocycles. The monoisotopic (exact) mass is 349 g/mol. The Morgan fingerprint density at radius 1 is 1.08 bits per heavy atom. The van der Waals surface area contributed by atoms with E-state index in [1.165, 1.54) is 6.07 Å². The number of hydrogen-bond acceptors (Lipinski definition) is 2. The van der Waals surface area contributed by atoms with E-state index in [4.69, 9.17) is 4.74 Å². The van der Waals surface area contributed by atoms with Crippen LogP contribution < -0.4 is 5.56 Å². The molecule has 0 fully saturated rings. The summed E-state index contributed by atoms with van der Waals surface area (Å²) in [5.74, 6) is 0.140. The van der Waals surface area contributed by atoms with Crippen molar-refractivity contribution in [3.05, 3.63) is 100 Å². The van der Waals surface area contributed by atoms with Gasteiger partial charge in [0.25, 0.3) is 5.56 Å². The fraction of sp³-hybridized carbons (Fsp3) is 0.136.